The molecule has 0 radical (unpaired) electrons. The first-order valence-electron chi connectivity index (χ1n) is 8.79. The van der Waals surface area contributed by atoms with Gasteiger partial charge in [0.2, 0.25) is 5.91 Å². The summed E-state index contributed by atoms with van der Waals surface area (Å²) in [7, 11) is 0. The summed E-state index contributed by atoms with van der Waals surface area (Å²) in [6, 6.07) is 14.9. The van der Waals surface area contributed by atoms with Gasteiger partial charge < -0.3 is 10.6 Å². The van der Waals surface area contributed by atoms with Crippen LogP contribution in [0.5, 0.6) is 0 Å². The Morgan fingerprint density at radius 1 is 1.17 bits per heavy atom. The molecule has 2 aromatic rings. The molecule has 1 amide bonds. The van der Waals surface area contributed by atoms with Gasteiger partial charge in [-0.3, -0.25) is 4.79 Å². The molecule has 4 heteroatoms. The highest BCUT2D eigenvalue weighted by Gasteiger charge is 2.44. The van der Waals surface area contributed by atoms with E-state index in [4.69, 9.17) is 0 Å². The van der Waals surface area contributed by atoms with Crippen LogP contribution in [0.3, 0.4) is 0 Å². The maximum atomic E-state index is 12.4. The number of benzene rings is 2. The first-order valence-corrected chi connectivity index (χ1v) is 8.79. The van der Waals surface area contributed by atoms with Gasteiger partial charge in [0.05, 0.1) is 0 Å². The number of halogens is 1. The van der Waals surface area contributed by atoms with Crippen molar-refractivity contribution in [1.29, 1.82) is 0 Å². The largest absolute Gasteiger partial charge is 0.356 e. The molecule has 0 bridgehead atoms. The van der Waals surface area contributed by atoms with Gasteiger partial charge in [-0.15, -0.1) is 12.4 Å². The van der Waals surface area contributed by atoms with Gasteiger partial charge in [0.1, 0.15) is 0 Å². The minimum Gasteiger partial charge on any atom is -0.356 e. The maximum absolute atomic E-state index is 12.4. The molecule has 24 heavy (non-hydrogen) atoms. The third-order valence-electron chi connectivity index (χ3n) is 5.36. The zero-order valence-corrected chi connectivity index (χ0v) is 14.6. The molecular formula is C20H25ClN2O. The van der Waals surface area contributed by atoms with Gasteiger partial charge in [0, 0.05) is 12.5 Å². The van der Waals surface area contributed by atoms with E-state index in [1.54, 1.807) is 0 Å². The molecule has 3 atom stereocenters. The van der Waals surface area contributed by atoms with Gasteiger partial charge in [-0.1, -0.05) is 42.5 Å². The topological polar surface area (TPSA) is 41.1 Å². The normalized spacial score (nSPS) is 25.2. The van der Waals surface area contributed by atoms with Gasteiger partial charge >= 0.3 is 0 Å². The summed E-state index contributed by atoms with van der Waals surface area (Å²) in [5, 5.41) is 9.10. The van der Waals surface area contributed by atoms with Crippen molar-refractivity contribution in [2.24, 2.45) is 11.8 Å². The first kappa shape index (κ1) is 17.2. The van der Waals surface area contributed by atoms with Crippen molar-refractivity contribution in [1.82, 2.24) is 10.6 Å². The molecule has 1 saturated carbocycles. The zero-order valence-electron chi connectivity index (χ0n) is 13.8. The van der Waals surface area contributed by atoms with Gasteiger partial charge in [-0.2, -0.15) is 0 Å². The van der Waals surface area contributed by atoms with Crippen molar-refractivity contribution in [3.63, 3.8) is 0 Å². The van der Waals surface area contributed by atoms with Crippen LogP contribution in [0.2, 0.25) is 0 Å². The van der Waals surface area contributed by atoms with E-state index in [1.807, 2.05) is 0 Å². The summed E-state index contributed by atoms with van der Waals surface area (Å²) in [5.74, 6) is 1.55. The van der Waals surface area contributed by atoms with E-state index < -0.39 is 0 Å². The van der Waals surface area contributed by atoms with Crippen molar-refractivity contribution < 1.29 is 4.79 Å². The molecule has 3 unspecified atom stereocenters. The lowest BCUT2D eigenvalue weighted by Gasteiger charge is -2.10. The Morgan fingerprint density at radius 3 is 2.83 bits per heavy atom. The van der Waals surface area contributed by atoms with Gasteiger partial charge in [-0.25, -0.2) is 0 Å². The monoisotopic (exact) mass is 344 g/mol. The molecular weight excluding hydrogens is 320 g/mol. The fraction of sp³-hybridized carbons (Fsp3) is 0.450. The lowest BCUT2D eigenvalue weighted by molar-refractivity contribution is -0.122. The van der Waals surface area contributed by atoms with Crippen LogP contribution in [-0.2, 0) is 4.79 Å². The van der Waals surface area contributed by atoms with Crippen LogP contribution in [-0.4, -0.2) is 25.5 Å². The van der Waals surface area contributed by atoms with Crippen molar-refractivity contribution in [2.75, 3.05) is 19.6 Å². The summed E-state index contributed by atoms with van der Waals surface area (Å²) in [4.78, 5) is 12.4. The van der Waals surface area contributed by atoms with E-state index >= 15 is 0 Å². The fourth-order valence-electron chi connectivity index (χ4n) is 3.89. The Hall–Kier alpha value is -1.58. The second-order valence-corrected chi connectivity index (χ2v) is 6.96. The SMILES string of the molecule is Cl.O=C(NCCC1CCNC1)C1CC1c1cccc2ccccc12. The second kappa shape index (κ2) is 7.54. The van der Waals surface area contributed by atoms with E-state index in [9.17, 15) is 4.79 Å². The standard InChI is InChI=1S/C20H24N2O.ClH/c23-20(22-11-9-14-8-10-21-13-14)19-12-18(19)17-7-3-5-15-4-1-2-6-16(15)17;/h1-7,14,18-19,21H,8-13H2,(H,22,23);1H. The number of nitrogens with one attached hydrogen (secondary N) is 2. The number of hydrogen-bond donors (Lipinski definition) is 2. The lowest BCUT2D eigenvalue weighted by atomic mass is 10.00. The number of fused-ring (bicyclic) bond motifs is 1. The summed E-state index contributed by atoms with van der Waals surface area (Å²) in [6.07, 6.45) is 3.34. The molecule has 2 fully saturated rings. The van der Waals surface area contributed by atoms with Gasteiger partial charge in [0.25, 0.3) is 0 Å². The van der Waals surface area contributed by atoms with Crippen LogP contribution in [0.25, 0.3) is 10.8 Å². The number of carbonyl (C=O) groups excluding carboxylic acids is 1. The van der Waals surface area contributed by atoms with Crippen LogP contribution in [0.4, 0.5) is 0 Å². The highest BCUT2D eigenvalue weighted by molar-refractivity contribution is 5.89. The quantitative estimate of drug-likeness (QED) is 0.871. The van der Waals surface area contributed by atoms with Crippen LogP contribution in [0.1, 0.15) is 30.7 Å². The molecule has 128 valence electrons. The minimum atomic E-state index is 0. The average Bonchev–Trinajstić information content (AvgIpc) is 3.22. The predicted octanol–water partition coefficient (Wildman–Crippen LogP) is 3.48. The Kier molecular flexibility index (Phi) is 5.42. The first-order chi connectivity index (χ1) is 11.3. The smallest absolute Gasteiger partial charge is 0.223 e. The third-order valence-corrected chi connectivity index (χ3v) is 5.36. The van der Waals surface area contributed by atoms with E-state index in [0.29, 0.717) is 5.92 Å². The number of amides is 1. The Morgan fingerprint density at radius 2 is 2.00 bits per heavy atom. The zero-order chi connectivity index (χ0) is 15.6. The molecule has 2 aliphatic rings. The molecule has 0 aromatic heterocycles. The highest BCUT2D eigenvalue weighted by atomic mass is 35.5. The summed E-state index contributed by atoms with van der Waals surface area (Å²) < 4.78 is 0. The van der Waals surface area contributed by atoms with Crippen LogP contribution in [0.15, 0.2) is 42.5 Å². The van der Waals surface area contributed by atoms with Gasteiger partial charge in [-0.05, 0) is 60.5 Å². The maximum Gasteiger partial charge on any atom is 0.223 e. The molecule has 4 rings (SSSR count). The van der Waals surface area contributed by atoms with Crippen molar-refractivity contribution in [3.05, 3.63) is 48.0 Å². The molecule has 1 aliphatic carbocycles. The minimum absolute atomic E-state index is 0. The summed E-state index contributed by atoms with van der Waals surface area (Å²) in [5.41, 5.74) is 1.34. The van der Waals surface area contributed by atoms with Gasteiger partial charge in [0.15, 0.2) is 0 Å². The van der Waals surface area contributed by atoms with Crippen LogP contribution < -0.4 is 10.6 Å². The molecule has 3 nitrogen and oxygen atoms in total. The second-order valence-electron chi connectivity index (χ2n) is 6.96. The lowest BCUT2D eigenvalue weighted by Crippen LogP contribution is -2.28. The predicted molar refractivity (Wildman–Crippen MR) is 101 cm³/mol. The molecule has 2 N–H and O–H groups in total. The van der Waals surface area contributed by atoms with Crippen molar-refractivity contribution in [3.8, 4) is 0 Å². The highest BCUT2D eigenvalue weighted by Crippen LogP contribution is 2.49. The summed E-state index contributed by atoms with van der Waals surface area (Å²) >= 11 is 0. The van der Waals surface area contributed by atoms with Crippen molar-refractivity contribution in [2.45, 2.75) is 25.2 Å². The van der Waals surface area contributed by atoms with E-state index in [1.165, 1.54) is 22.8 Å². The summed E-state index contributed by atoms with van der Waals surface area (Å²) in [6.45, 7) is 3.06. The van der Waals surface area contributed by atoms with E-state index in [-0.39, 0.29) is 24.2 Å². The third kappa shape index (κ3) is 3.57. The number of hydrogen-bond acceptors (Lipinski definition) is 2. The molecule has 1 aliphatic heterocycles. The number of rotatable bonds is 5. The molecule has 0 spiro atoms. The Balaban J connectivity index is 0.00000169. The van der Waals surface area contributed by atoms with E-state index in [0.717, 1.165) is 38.4 Å². The van der Waals surface area contributed by atoms with E-state index in [2.05, 4.69) is 53.1 Å². The Labute approximate surface area is 149 Å². The molecule has 2 aromatic carbocycles. The van der Waals surface area contributed by atoms with Crippen molar-refractivity contribution >= 4 is 29.1 Å². The molecule has 1 heterocycles. The molecule has 1 saturated heterocycles. The van der Waals surface area contributed by atoms with Crippen LogP contribution in [0, 0.1) is 11.8 Å². The number of carbonyl (C=O) groups is 1. The average molecular weight is 345 g/mol. The van der Waals surface area contributed by atoms with Crippen LogP contribution >= 0.6 is 12.4 Å². The fourth-order valence-corrected chi connectivity index (χ4v) is 3.89. The Bertz CT molecular complexity index is 706.